The van der Waals surface area contributed by atoms with E-state index in [0.29, 0.717) is 0 Å². The molecule has 4 heteroatoms. The Hall–Kier alpha value is -2.88. The number of Topliss-reactive ketones (excluding diaryl/α,β-unsaturated/α-hetero) is 1. The second kappa shape index (κ2) is 6.71. The second-order valence-electron chi connectivity index (χ2n) is 5.79. The zero-order valence-corrected chi connectivity index (χ0v) is 13.7. The van der Waals surface area contributed by atoms with E-state index < -0.39 is 17.8 Å². The van der Waals surface area contributed by atoms with Gasteiger partial charge in [0.05, 0.1) is 7.11 Å². The number of aromatic amines is 1. The van der Waals surface area contributed by atoms with E-state index >= 15 is 0 Å². The van der Waals surface area contributed by atoms with Gasteiger partial charge in [-0.1, -0.05) is 48.5 Å². The number of hydrogen-bond acceptors (Lipinski definition) is 3. The summed E-state index contributed by atoms with van der Waals surface area (Å²) in [5, 5.41) is 1.00. The normalized spacial score (nSPS) is 13.4. The molecule has 0 spiro atoms. The van der Waals surface area contributed by atoms with Gasteiger partial charge in [-0.3, -0.25) is 9.59 Å². The number of benzene rings is 2. The lowest BCUT2D eigenvalue weighted by Crippen LogP contribution is -2.30. The molecular weight excluding hydrogens is 302 g/mol. The number of fused-ring (bicyclic) bond motifs is 1. The molecule has 0 aliphatic rings. The molecule has 0 bridgehead atoms. The van der Waals surface area contributed by atoms with Crippen LogP contribution in [0.3, 0.4) is 0 Å². The summed E-state index contributed by atoms with van der Waals surface area (Å²) in [6.07, 6.45) is 1.88. The molecule has 1 aromatic heterocycles. The highest BCUT2D eigenvalue weighted by Gasteiger charge is 2.36. The molecule has 122 valence electrons. The molecule has 0 saturated heterocycles. The van der Waals surface area contributed by atoms with E-state index in [1.54, 1.807) is 0 Å². The Bertz CT molecular complexity index is 867. The maximum atomic E-state index is 12.3. The number of H-pyrrole nitrogens is 1. The van der Waals surface area contributed by atoms with Crippen molar-refractivity contribution >= 4 is 22.7 Å². The van der Waals surface area contributed by atoms with E-state index in [1.165, 1.54) is 14.0 Å². The van der Waals surface area contributed by atoms with E-state index in [9.17, 15) is 9.59 Å². The zero-order chi connectivity index (χ0) is 17.1. The van der Waals surface area contributed by atoms with Gasteiger partial charge in [-0.05, 0) is 24.1 Å². The topological polar surface area (TPSA) is 59.2 Å². The van der Waals surface area contributed by atoms with Crippen LogP contribution in [0.1, 0.15) is 24.0 Å². The summed E-state index contributed by atoms with van der Waals surface area (Å²) in [4.78, 5) is 27.9. The number of nitrogens with one attached hydrogen (secondary N) is 1. The van der Waals surface area contributed by atoms with E-state index in [4.69, 9.17) is 4.74 Å². The fourth-order valence-electron chi connectivity index (χ4n) is 3.23. The number of carbonyl (C=O) groups is 2. The number of methoxy groups -OCH3 is 1. The van der Waals surface area contributed by atoms with Crippen molar-refractivity contribution in [2.24, 2.45) is 5.92 Å². The maximum Gasteiger partial charge on any atom is 0.317 e. The number of para-hydroxylation sites is 1. The molecule has 3 aromatic rings. The molecule has 24 heavy (non-hydrogen) atoms. The van der Waals surface area contributed by atoms with Crippen LogP contribution in [0, 0.1) is 5.92 Å². The van der Waals surface area contributed by atoms with Crippen molar-refractivity contribution in [3.63, 3.8) is 0 Å². The fraction of sp³-hybridized carbons (Fsp3) is 0.200. The Morgan fingerprint density at radius 3 is 2.33 bits per heavy atom. The molecule has 0 radical (unpaired) electrons. The molecule has 2 atom stereocenters. The predicted octanol–water partition coefficient (Wildman–Crippen LogP) is 3.68. The summed E-state index contributed by atoms with van der Waals surface area (Å²) >= 11 is 0. The highest BCUT2D eigenvalue weighted by molar-refractivity contribution is 6.00. The molecule has 0 saturated carbocycles. The Morgan fingerprint density at radius 2 is 1.67 bits per heavy atom. The van der Waals surface area contributed by atoms with Gasteiger partial charge < -0.3 is 9.72 Å². The third kappa shape index (κ3) is 2.83. The third-order valence-electron chi connectivity index (χ3n) is 4.34. The van der Waals surface area contributed by atoms with Crippen molar-refractivity contribution in [2.45, 2.75) is 12.8 Å². The van der Waals surface area contributed by atoms with Crippen molar-refractivity contribution in [2.75, 3.05) is 7.11 Å². The SMILES string of the molecule is COC(=O)C(C(C)=O)C(c1ccccc1)c1c[nH]c2ccccc12. The highest BCUT2D eigenvalue weighted by atomic mass is 16.5. The van der Waals surface area contributed by atoms with Crippen molar-refractivity contribution in [3.8, 4) is 0 Å². The minimum absolute atomic E-state index is 0.207. The van der Waals surface area contributed by atoms with Gasteiger partial charge in [0.2, 0.25) is 0 Å². The van der Waals surface area contributed by atoms with Crippen molar-refractivity contribution in [3.05, 3.63) is 71.9 Å². The van der Waals surface area contributed by atoms with Crippen LogP contribution >= 0.6 is 0 Å². The number of carbonyl (C=O) groups excluding carboxylic acids is 2. The maximum absolute atomic E-state index is 12.3. The first kappa shape index (κ1) is 16.0. The van der Waals surface area contributed by atoms with E-state index in [2.05, 4.69) is 4.98 Å². The second-order valence-corrected chi connectivity index (χ2v) is 5.79. The zero-order valence-electron chi connectivity index (χ0n) is 13.7. The first-order valence-corrected chi connectivity index (χ1v) is 7.82. The molecule has 0 amide bonds. The molecule has 3 rings (SSSR count). The third-order valence-corrected chi connectivity index (χ3v) is 4.34. The average molecular weight is 321 g/mol. The molecule has 4 nitrogen and oxygen atoms in total. The first-order valence-electron chi connectivity index (χ1n) is 7.82. The summed E-state index contributed by atoms with van der Waals surface area (Å²) < 4.78 is 4.92. The summed E-state index contributed by atoms with van der Waals surface area (Å²) in [5.41, 5.74) is 2.80. The lowest BCUT2D eigenvalue weighted by atomic mass is 9.78. The fourth-order valence-corrected chi connectivity index (χ4v) is 3.23. The van der Waals surface area contributed by atoms with Gasteiger partial charge in [-0.2, -0.15) is 0 Å². The van der Waals surface area contributed by atoms with Crippen molar-refractivity contribution < 1.29 is 14.3 Å². The molecule has 0 aliphatic heterocycles. The van der Waals surface area contributed by atoms with E-state index in [1.807, 2.05) is 60.8 Å². The van der Waals surface area contributed by atoms with Gasteiger partial charge in [0.25, 0.3) is 0 Å². The molecular formula is C20H19NO3. The Kier molecular flexibility index (Phi) is 4.47. The van der Waals surface area contributed by atoms with Crippen LogP contribution in [0.4, 0.5) is 0 Å². The van der Waals surface area contributed by atoms with Gasteiger partial charge in [-0.15, -0.1) is 0 Å². The van der Waals surface area contributed by atoms with Crippen molar-refractivity contribution in [1.82, 2.24) is 4.98 Å². The molecule has 0 aliphatic carbocycles. The number of aromatic nitrogens is 1. The number of esters is 1. The average Bonchev–Trinajstić information content (AvgIpc) is 3.03. The molecule has 2 unspecified atom stereocenters. The lowest BCUT2D eigenvalue weighted by molar-refractivity contribution is -0.149. The Labute approximate surface area is 140 Å². The first-order chi connectivity index (χ1) is 11.6. The summed E-state index contributed by atoms with van der Waals surface area (Å²) in [7, 11) is 1.32. The Balaban J connectivity index is 2.22. The van der Waals surface area contributed by atoms with Gasteiger partial charge in [-0.25, -0.2) is 0 Å². The van der Waals surface area contributed by atoms with Gasteiger partial charge in [0, 0.05) is 23.0 Å². The minimum Gasteiger partial charge on any atom is -0.468 e. The molecule has 2 aromatic carbocycles. The smallest absolute Gasteiger partial charge is 0.317 e. The summed E-state index contributed by atoms with van der Waals surface area (Å²) in [5.74, 6) is -1.99. The van der Waals surface area contributed by atoms with Gasteiger partial charge in [0.15, 0.2) is 0 Å². The van der Waals surface area contributed by atoms with Crippen LogP contribution in [0.2, 0.25) is 0 Å². The van der Waals surface area contributed by atoms with Gasteiger partial charge >= 0.3 is 5.97 Å². The van der Waals surface area contributed by atoms with Crippen molar-refractivity contribution in [1.29, 1.82) is 0 Å². The lowest BCUT2D eigenvalue weighted by Gasteiger charge is -2.23. The number of rotatable bonds is 5. The standard InChI is InChI=1S/C20H19NO3/c1-13(22)18(20(23)24-2)19(14-8-4-3-5-9-14)16-12-21-17-11-7-6-10-15(16)17/h3-12,18-19,21H,1-2H3. The van der Waals surface area contributed by atoms with Gasteiger partial charge in [0.1, 0.15) is 11.7 Å². The largest absolute Gasteiger partial charge is 0.468 e. The molecule has 1 N–H and O–H groups in total. The van der Waals surface area contributed by atoms with Crippen LogP contribution in [0.5, 0.6) is 0 Å². The van der Waals surface area contributed by atoms with Crippen LogP contribution in [-0.2, 0) is 14.3 Å². The molecule has 0 fully saturated rings. The number of hydrogen-bond donors (Lipinski definition) is 1. The van der Waals surface area contributed by atoms with Crippen LogP contribution < -0.4 is 0 Å². The molecule has 1 heterocycles. The number of ether oxygens (including phenoxy) is 1. The minimum atomic E-state index is -0.878. The monoisotopic (exact) mass is 321 g/mol. The Morgan fingerprint density at radius 1 is 1.00 bits per heavy atom. The van der Waals surface area contributed by atoms with Crippen LogP contribution in [-0.4, -0.2) is 23.8 Å². The quantitative estimate of drug-likeness (QED) is 0.576. The van der Waals surface area contributed by atoms with E-state index in [-0.39, 0.29) is 5.78 Å². The number of ketones is 1. The summed E-state index contributed by atoms with van der Waals surface area (Å²) in [6, 6.07) is 17.5. The van der Waals surface area contributed by atoms with Crippen LogP contribution in [0.15, 0.2) is 60.8 Å². The predicted molar refractivity (Wildman–Crippen MR) is 92.8 cm³/mol. The highest BCUT2D eigenvalue weighted by Crippen LogP contribution is 2.37. The van der Waals surface area contributed by atoms with Crippen LogP contribution in [0.25, 0.3) is 10.9 Å². The van der Waals surface area contributed by atoms with E-state index in [0.717, 1.165) is 22.0 Å². The summed E-state index contributed by atoms with van der Waals surface area (Å²) in [6.45, 7) is 1.44.